The second kappa shape index (κ2) is 7.98. The fraction of sp³-hybridized carbons (Fsp3) is 0.238. The summed E-state index contributed by atoms with van der Waals surface area (Å²) < 4.78 is 5.15. The molecule has 0 spiro atoms. The molecule has 0 radical (unpaired) electrons. The van der Waals surface area contributed by atoms with Crippen LogP contribution >= 0.6 is 11.8 Å². The number of ether oxygens (including phenoxy) is 1. The average Bonchev–Trinajstić information content (AvgIpc) is 2.90. The molecule has 3 rings (SSSR count). The van der Waals surface area contributed by atoms with E-state index in [9.17, 15) is 14.7 Å². The summed E-state index contributed by atoms with van der Waals surface area (Å²) in [6.07, 6.45) is 0. The first kappa shape index (κ1) is 19.2. The third kappa shape index (κ3) is 3.63. The van der Waals surface area contributed by atoms with Gasteiger partial charge in [0.05, 0.1) is 29.9 Å². The predicted octanol–water partition coefficient (Wildman–Crippen LogP) is 3.32. The Morgan fingerprint density at radius 2 is 1.74 bits per heavy atom. The van der Waals surface area contributed by atoms with Crippen LogP contribution in [0.5, 0.6) is 5.75 Å². The molecule has 0 aliphatic carbocycles. The molecule has 0 saturated carbocycles. The van der Waals surface area contributed by atoms with Crippen molar-refractivity contribution in [1.82, 2.24) is 0 Å². The molecule has 0 aromatic heterocycles. The zero-order chi connectivity index (χ0) is 19.6. The summed E-state index contributed by atoms with van der Waals surface area (Å²) in [6, 6.07) is 12.6. The fourth-order valence-electron chi connectivity index (χ4n) is 3.09. The maximum absolute atomic E-state index is 13.2. The van der Waals surface area contributed by atoms with Crippen molar-refractivity contribution in [1.29, 1.82) is 0 Å². The lowest BCUT2D eigenvalue weighted by atomic mass is 9.99. The van der Waals surface area contributed by atoms with Gasteiger partial charge in [0.2, 0.25) is 0 Å². The van der Waals surface area contributed by atoms with Crippen molar-refractivity contribution in [3.05, 3.63) is 64.1 Å². The van der Waals surface area contributed by atoms with Gasteiger partial charge in [-0.3, -0.25) is 9.59 Å². The van der Waals surface area contributed by atoms with Gasteiger partial charge in [0, 0.05) is 5.75 Å². The first-order valence-corrected chi connectivity index (χ1v) is 9.55. The molecule has 2 aromatic rings. The van der Waals surface area contributed by atoms with Crippen LogP contribution in [0.4, 0.5) is 5.69 Å². The first-order valence-electron chi connectivity index (χ1n) is 8.56. The predicted molar refractivity (Wildman–Crippen MR) is 108 cm³/mol. The Hall–Kier alpha value is -2.57. The second-order valence-electron chi connectivity index (χ2n) is 6.24. The summed E-state index contributed by atoms with van der Waals surface area (Å²) in [6.45, 7) is 3.84. The molecule has 0 saturated heterocycles. The minimum absolute atomic E-state index is 0.0711. The molecule has 1 aliphatic heterocycles. The van der Waals surface area contributed by atoms with E-state index >= 15 is 0 Å². The highest BCUT2D eigenvalue weighted by Crippen LogP contribution is 2.39. The fourth-order valence-corrected chi connectivity index (χ4v) is 3.94. The van der Waals surface area contributed by atoms with E-state index in [1.807, 2.05) is 32.0 Å². The Bertz CT molecular complexity index is 918. The quantitative estimate of drug-likeness (QED) is 0.775. The van der Waals surface area contributed by atoms with Gasteiger partial charge in [-0.1, -0.05) is 23.8 Å². The van der Waals surface area contributed by atoms with E-state index < -0.39 is 0 Å². The molecule has 5 nitrogen and oxygen atoms in total. The van der Waals surface area contributed by atoms with E-state index in [2.05, 4.69) is 0 Å². The van der Waals surface area contributed by atoms with E-state index in [-0.39, 0.29) is 18.4 Å². The van der Waals surface area contributed by atoms with E-state index in [0.717, 1.165) is 16.7 Å². The minimum atomic E-state index is -0.362. The van der Waals surface area contributed by atoms with Gasteiger partial charge < -0.3 is 9.84 Å². The van der Waals surface area contributed by atoms with Gasteiger partial charge in [-0.15, -0.1) is 11.8 Å². The number of aliphatic hydroxyl groups excluding tert-OH is 1. The number of hydrogen-bond donors (Lipinski definition) is 1. The maximum atomic E-state index is 13.2. The van der Waals surface area contributed by atoms with Crippen LogP contribution in [0.2, 0.25) is 0 Å². The van der Waals surface area contributed by atoms with Gasteiger partial charge in [-0.25, -0.2) is 4.90 Å². The molecule has 140 valence electrons. The summed E-state index contributed by atoms with van der Waals surface area (Å²) in [5, 5.41) is 9.20. The van der Waals surface area contributed by atoms with Gasteiger partial charge in [-0.05, 0) is 49.2 Å². The number of aliphatic hydroxyl groups is 1. The Balaban J connectivity index is 2.08. The van der Waals surface area contributed by atoms with Crippen molar-refractivity contribution in [2.75, 3.05) is 24.4 Å². The Kier molecular flexibility index (Phi) is 5.68. The van der Waals surface area contributed by atoms with E-state index in [0.29, 0.717) is 27.7 Å². The summed E-state index contributed by atoms with van der Waals surface area (Å²) >= 11 is 1.21. The number of carbonyl (C=O) groups excluding carboxylic acids is 2. The molecule has 0 fully saturated rings. The molecule has 0 atom stereocenters. The summed E-state index contributed by atoms with van der Waals surface area (Å²) in [5.74, 6) is 0.283. The number of amides is 2. The monoisotopic (exact) mass is 383 g/mol. The van der Waals surface area contributed by atoms with Crippen LogP contribution < -0.4 is 9.64 Å². The van der Waals surface area contributed by atoms with E-state index in [4.69, 9.17) is 4.74 Å². The SMILES string of the molecule is COc1ccc(N2C(=O)C(SCCO)=C(c3ccc(C)cc3C)C2=O)cc1. The number of benzene rings is 2. The highest BCUT2D eigenvalue weighted by Gasteiger charge is 2.40. The van der Waals surface area contributed by atoms with Crippen molar-refractivity contribution in [2.45, 2.75) is 13.8 Å². The van der Waals surface area contributed by atoms with Crippen LogP contribution in [0.1, 0.15) is 16.7 Å². The largest absolute Gasteiger partial charge is 0.497 e. The number of anilines is 1. The number of rotatable bonds is 6. The summed E-state index contributed by atoms with van der Waals surface area (Å²) in [5.41, 5.74) is 3.66. The van der Waals surface area contributed by atoms with Crippen molar-refractivity contribution < 1.29 is 19.4 Å². The lowest BCUT2D eigenvalue weighted by Crippen LogP contribution is -2.31. The highest BCUT2D eigenvalue weighted by atomic mass is 32.2. The number of aryl methyl sites for hydroxylation is 2. The normalized spacial score (nSPS) is 14.3. The topological polar surface area (TPSA) is 66.8 Å². The number of hydrogen-bond acceptors (Lipinski definition) is 5. The lowest BCUT2D eigenvalue weighted by Gasteiger charge is -2.16. The molecule has 1 aliphatic rings. The molecule has 2 amide bonds. The van der Waals surface area contributed by atoms with Crippen molar-refractivity contribution >= 4 is 34.8 Å². The third-order valence-electron chi connectivity index (χ3n) is 4.36. The highest BCUT2D eigenvalue weighted by molar-refractivity contribution is 8.04. The molecule has 27 heavy (non-hydrogen) atoms. The number of nitrogens with zero attached hydrogens (tertiary/aromatic N) is 1. The number of thioether (sulfide) groups is 1. The van der Waals surface area contributed by atoms with Crippen LogP contribution in [-0.2, 0) is 9.59 Å². The Morgan fingerprint density at radius 1 is 1.04 bits per heavy atom. The van der Waals surface area contributed by atoms with Crippen LogP contribution in [0.25, 0.3) is 5.57 Å². The molecule has 6 heteroatoms. The van der Waals surface area contributed by atoms with Gasteiger partial charge in [0.1, 0.15) is 5.75 Å². The standard InChI is InChI=1S/C21H21NO4S/c1-13-4-9-17(14(2)12-13)18-19(27-11-10-23)21(25)22(20(18)24)15-5-7-16(26-3)8-6-15/h4-9,12,23H,10-11H2,1-3H3. The molecule has 1 N–H and O–H groups in total. The zero-order valence-electron chi connectivity index (χ0n) is 15.5. The average molecular weight is 383 g/mol. The van der Waals surface area contributed by atoms with Crippen LogP contribution in [-0.4, -0.2) is 36.4 Å². The van der Waals surface area contributed by atoms with Gasteiger partial charge in [-0.2, -0.15) is 0 Å². The van der Waals surface area contributed by atoms with E-state index in [1.165, 1.54) is 16.7 Å². The Labute approximate surface area is 162 Å². The van der Waals surface area contributed by atoms with Crippen LogP contribution in [0.15, 0.2) is 47.4 Å². The molecule has 2 aromatic carbocycles. The molecular weight excluding hydrogens is 362 g/mol. The summed E-state index contributed by atoms with van der Waals surface area (Å²) in [4.78, 5) is 27.8. The third-order valence-corrected chi connectivity index (χ3v) is 5.42. The van der Waals surface area contributed by atoms with Crippen molar-refractivity contribution in [2.24, 2.45) is 0 Å². The van der Waals surface area contributed by atoms with Gasteiger partial charge in [0.15, 0.2) is 0 Å². The minimum Gasteiger partial charge on any atom is -0.497 e. The molecular formula is C21H21NO4S. The molecule has 0 unspecified atom stereocenters. The number of methoxy groups -OCH3 is 1. The number of carbonyl (C=O) groups is 2. The number of imide groups is 1. The smallest absolute Gasteiger partial charge is 0.272 e. The Morgan fingerprint density at radius 3 is 2.33 bits per heavy atom. The van der Waals surface area contributed by atoms with Crippen molar-refractivity contribution in [3.8, 4) is 5.75 Å². The second-order valence-corrected chi connectivity index (χ2v) is 7.34. The summed E-state index contributed by atoms with van der Waals surface area (Å²) in [7, 11) is 1.56. The van der Waals surface area contributed by atoms with Gasteiger partial charge in [0.25, 0.3) is 11.8 Å². The van der Waals surface area contributed by atoms with Crippen molar-refractivity contribution in [3.63, 3.8) is 0 Å². The molecule has 1 heterocycles. The maximum Gasteiger partial charge on any atom is 0.272 e. The van der Waals surface area contributed by atoms with Crippen LogP contribution in [0.3, 0.4) is 0 Å². The molecule has 0 bridgehead atoms. The first-order chi connectivity index (χ1) is 13.0. The van der Waals surface area contributed by atoms with Gasteiger partial charge >= 0.3 is 0 Å². The van der Waals surface area contributed by atoms with E-state index in [1.54, 1.807) is 31.4 Å². The zero-order valence-corrected chi connectivity index (χ0v) is 16.3. The lowest BCUT2D eigenvalue weighted by molar-refractivity contribution is -0.119. The van der Waals surface area contributed by atoms with Crippen LogP contribution in [0, 0.1) is 13.8 Å².